The van der Waals surface area contributed by atoms with Crippen molar-refractivity contribution >= 4 is 11.6 Å². The number of ether oxygens (including phenoxy) is 2. The maximum Gasteiger partial charge on any atom is 0.162 e. The second-order valence-electron chi connectivity index (χ2n) is 5.29. The summed E-state index contributed by atoms with van der Waals surface area (Å²) in [5, 5.41) is 10.7. The summed E-state index contributed by atoms with van der Waals surface area (Å²) in [5.41, 5.74) is 0.819. The van der Waals surface area contributed by atoms with Crippen LogP contribution in [0, 0.1) is 5.92 Å². The van der Waals surface area contributed by atoms with E-state index in [2.05, 4.69) is 4.90 Å². The fourth-order valence-corrected chi connectivity index (χ4v) is 2.92. The highest BCUT2D eigenvalue weighted by Crippen LogP contribution is 2.34. The van der Waals surface area contributed by atoms with Gasteiger partial charge < -0.3 is 14.6 Å². The number of phenolic OH excluding ortho intramolecular Hbond substituents is 1. The number of likely N-dealkylation sites (tertiary alicyclic amines) is 1. The van der Waals surface area contributed by atoms with Gasteiger partial charge in [0.05, 0.1) is 7.11 Å². The molecule has 4 nitrogen and oxygen atoms in total. The monoisotopic (exact) mass is 299 g/mol. The third-order valence-electron chi connectivity index (χ3n) is 3.84. The molecule has 1 saturated heterocycles. The highest BCUT2D eigenvalue weighted by Gasteiger charge is 2.20. The minimum Gasteiger partial charge on any atom is -0.504 e. The van der Waals surface area contributed by atoms with Crippen molar-refractivity contribution < 1.29 is 14.6 Å². The van der Waals surface area contributed by atoms with E-state index < -0.39 is 0 Å². The molecule has 0 amide bonds. The highest BCUT2D eigenvalue weighted by molar-refractivity contribution is 6.30. The molecule has 0 aromatic heterocycles. The van der Waals surface area contributed by atoms with Gasteiger partial charge in [0.1, 0.15) is 0 Å². The van der Waals surface area contributed by atoms with E-state index in [9.17, 15) is 5.11 Å². The van der Waals surface area contributed by atoms with Crippen molar-refractivity contribution in [3.63, 3.8) is 0 Å². The Hall–Kier alpha value is -0.970. The Balaban J connectivity index is 1.99. The number of methoxy groups -OCH3 is 2. The topological polar surface area (TPSA) is 41.9 Å². The molecule has 1 N–H and O–H groups in total. The Kier molecular flexibility index (Phi) is 5.52. The predicted octanol–water partition coefficient (Wildman–Crippen LogP) is 2.91. The van der Waals surface area contributed by atoms with Gasteiger partial charge in [0.15, 0.2) is 11.5 Å². The van der Waals surface area contributed by atoms with Crippen molar-refractivity contribution in [3.8, 4) is 11.5 Å². The number of piperidine rings is 1. The lowest BCUT2D eigenvalue weighted by Crippen LogP contribution is -2.34. The molecular weight excluding hydrogens is 278 g/mol. The van der Waals surface area contributed by atoms with Gasteiger partial charge >= 0.3 is 0 Å². The van der Waals surface area contributed by atoms with E-state index in [1.54, 1.807) is 19.2 Å². The SMILES string of the molecule is COCC1CCN(Cc2cc(Cl)cc(OC)c2O)CC1. The molecule has 1 fully saturated rings. The number of benzene rings is 1. The average Bonchev–Trinajstić information content (AvgIpc) is 2.45. The van der Waals surface area contributed by atoms with Crippen LogP contribution in [-0.4, -0.2) is 43.9 Å². The fraction of sp³-hybridized carbons (Fsp3) is 0.600. The Morgan fingerprint density at radius 1 is 1.30 bits per heavy atom. The van der Waals surface area contributed by atoms with Crippen LogP contribution in [0.3, 0.4) is 0 Å². The first-order valence-corrected chi connectivity index (χ1v) is 7.28. The van der Waals surface area contributed by atoms with E-state index in [1.807, 2.05) is 0 Å². The Morgan fingerprint density at radius 2 is 2.00 bits per heavy atom. The van der Waals surface area contributed by atoms with Crippen LogP contribution in [0.15, 0.2) is 12.1 Å². The molecular formula is C15H22ClNO3. The molecule has 1 heterocycles. The Morgan fingerprint density at radius 3 is 2.60 bits per heavy atom. The molecule has 0 saturated carbocycles. The molecule has 112 valence electrons. The number of nitrogens with zero attached hydrogens (tertiary/aromatic N) is 1. The zero-order chi connectivity index (χ0) is 14.5. The third kappa shape index (κ3) is 3.78. The maximum absolute atomic E-state index is 10.1. The van der Waals surface area contributed by atoms with Crippen LogP contribution < -0.4 is 4.74 Å². The lowest BCUT2D eigenvalue weighted by atomic mass is 9.97. The van der Waals surface area contributed by atoms with E-state index in [-0.39, 0.29) is 5.75 Å². The van der Waals surface area contributed by atoms with E-state index in [4.69, 9.17) is 21.1 Å². The molecule has 0 bridgehead atoms. The van der Waals surface area contributed by atoms with E-state index in [1.165, 1.54) is 7.11 Å². The molecule has 0 spiro atoms. The zero-order valence-corrected chi connectivity index (χ0v) is 12.8. The molecule has 0 unspecified atom stereocenters. The van der Waals surface area contributed by atoms with Crippen molar-refractivity contribution in [3.05, 3.63) is 22.7 Å². The number of hydrogen-bond donors (Lipinski definition) is 1. The summed E-state index contributed by atoms with van der Waals surface area (Å²) in [7, 11) is 3.29. The van der Waals surface area contributed by atoms with Gasteiger partial charge in [-0.05, 0) is 37.9 Å². The standard InChI is InChI=1S/C15H22ClNO3/c1-19-10-11-3-5-17(6-4-11)9-12-7-13(16)8-14(20-2)15(12)18/h7-8,11,18H,3-6,9-10H2,1-2H3. The molecule has 0 atom stereocenters. The summed E-state index contributed by atoms with van der Waals surface area (Å²) in [6.07, 6.45) is 2.26. The molecule has 1 aliphatic heterocycles. The summed E-state index contributed by atoms with van der Waals surface area (Å²) in [5.74, 6) is 1.27. The minimum atomic E-state index is 0.191. The van der Waals surface area contributed by atoms with E-state index in [0.29, 0.717) is 23.2 Å². The fourth-order valence-electron chi connectivity index (χ4n) is 2.69. The van der Waals surface area contributed by atoms with Crippen LogP contribution >= 0.6 is 11.6 Å². The lowest BCUT2D eigenvalue weighted by Gasteiger charge is -2.31. The number of phenols is 1. The van der Waals surface area contributed by atoms with Gasteiger partial charge in [-0.1, -0.05) is 11.6 Å². The molecule has 1 aliphatic rings. The largest absolute Gasteiger partial charge is 0.504 e. The van der Waals surface area contributed by atoms with Gasteiger partial charge in [0.25, 0.3) is 0 Å². The summed E-state index contributed by atoms with van der Waals surface area (Å²) in [6, 6.07) is 3.44. The highest BCUT2D eigenvalue weighted by atomic mass is 35.5. The lowest BCUT2D eigenvalue weighted by molar-refractivity contribution is 0.0964. The van der Waals surface area contributed by atoms with Crippen LogP contribution in [0.5, 0.6) is 11.5 Å². The first-order chi connectivity index (χ1) is 9.63. The molecule has 0 radical (unpaired) electrons. The number of halogens is 1. The molecule has 20 heavy (non-hydrogen) atoms. The summed E-state index contributed by atoms with van der Waals surface area (Å²) in [6.45, 7) is 3.57. The quantitative estimate of drug-likeness (QED) is 0.908. The van der Waals surface area contributed by atoms with Crippen LogP contribution in [0.2, 0.25) is 5.02 Å². The van der Waals surface area contributed by atoms with Crippen LogP contribution in [0.1, 0.15) is 18.4 Å². The Labute approximate surface area is 125 Å². The third-order valence-corrected chi connectivity index (χ3v) is 4.06. The van der Waals surface area contributed by atoms with Gasteiger partial charge in [0.2, 0.25) is 0 Å². The minimum absolute atomic E-state index is 0.191. The first kappa shape index (κ1) is 15.4. The smallest absolute Gasteiger partial charge is 0.162 e. The maximum atomic E-state index is 10.1. The molecule has 1 aromatic carbocycles. The summed E-state index contributed by atoms with van der Waals surface area (Å²) in [4.78, 5) is 2.33. The molecule has 1 aromatic rings. The number of hydrogen-bond acceptors (Lipinski definition) is 4. The van der Waals surface area contributed by atoms with Crippen LogP contribution in [0.25, 0.3) is 0 Å². The summed E-state index contributed by atoms with van der Waals surface area (Å²) < 4.78 is 10.3. The average molecular weight is 300 g/mol. The van der Waals surface area contributed by atoms with Crippen LogP contribution in [0.4, 0.5) is 0 Å². The zero-order valence-electron chi connectivity index (χ0n) is 12.1. The van der Waals surface area contributed by atoms with Gasteiger partial charge in [-0.25, -0.2) is 0 Å². The second-order valence-corrected chi connectivity index (χ2v) is 5.73. The normalized spacial score (nSPS) is 17.4. The first-order valence-electron chi connectivity index (χ1n) is 6.90. The van der Waals surface area contributed by atoms with Gasteiger partial charge in [-0.3, -0.25) is 4.90 Å². The van der Waals surface area contributed by atoms with Crippen molar-refractivity contribution in [2.24, 2.45) is 5.92 Å². The number of aromatic hydroxyl groups is 1. The van der Waals surface area contributed by atoms with Gasteiger partial charge in [-0.15, -0.1) is 0 Å². The van der Waals surface area contributed by atoms with E-state index >= 15 is 0 Å². The second kappa shape index (κ2) is 7.16. The van der Waals surface area contributed by atoms with Gasteiger partial charge in [-0.2, -0.15) is 0 Å². The van der Waals surface area contributed by atoms with E-state index in [0.717, 1.165) is 38.1 Å². The van der Waals surface area contributed by atoms with Crippen LogP contribution in [-0.2, 0) is 11.3 Å². The molecule has 2 rings (SSSR count). The van der Waals surface area contributed by atoms with Crippen molar-refractivity contribution in [2.45, 2.75) is 19.4 Å². The number of rotatable bonds is 5. The van der Waals surface area contributed by atoms with Gasteiger partial charge in [0, 0.05) is 36.9 Å². The van der Waals surface area contributed by atoms with Crippen molar-refractivity contribution in [2.75, 3.05) is 33.9 Å². The molecule has 5 heteroatoms. The predicted molar refractivity (Wildman–Crippen MR) is 79.5 cm³/mol. The summed E-state index contributed by atoms with van der Waals surface area (Å²) >= 11 is 6.06. The Bertz CT molecular complexity index is 445. The van der Waals surface area contributed by atoms with Crippen molar-refractivity contribution in [1.29, 1.82) is 0 Å². The molecule has 0 aliphatic carbocycles. The van der Waals surface area contributed by atoms with Crippen molar-refractivity contribution in [1.82, 2.24) is 4.90 Å².